The lowest BCUT2D eigenvalue weighted by atomic mass is 10.4. The van der Waals surface area contributed by atoms with Crippen LogP contribution in [-0.4, -0.2) is 40.1 Å². The highest BCUT2D eigenvalue weighted by molar-refractivity contribution is 7.09. The molecular formula is C13H19N7S. The lowest BCUT2D eigenvalue weighted by Crippen LogP contribution is -2.25. The molecule has 8 heteroatoms. The molecule has 0 spiro atoms. The molecule has 1 saturated heterocycles. The molecular weight excluding hydrogens is 286 g/mol. The zero-order valence-electron chi connectivity index (χ0n) is 12.3. The summed E-state index contributed by atoms with van der Waals surface area (Å²) < 4.78 is 0. The van der Waals surface area contributed by atoms with Crippen LogP contribution in [0.1, 0.15) is 23.5 Å². The maximum atomic E-state index is 5.83. The normalized spacial score (nSPS) is 14.7. The number of anilines is 3. The summed E-state index contributed by atoms with van der Waals surface area (Å²) in [5.74, 6) is 1.54. The molecule has 0 amide bonds. The summed E-state index contributed by atoms with van der Waals surface area (Å²) in [5.41, 5.74) is 6.85. The molecule has 112 valence electrons. The van der Waals surface area contributed by atoms with Crippen molar-refractivity contribution in [3.8, 4) is 0 Å². The summed E-state index contributed by atoms with van der Waals surface area (Å²) in [6.07, 6.45) is 2.35. The van der Waals surface area contributed by atoms with Gasteiger partial charge in [-0.05, 0) is 19.8 Å². The van der Waals surface area contributed by atoms with Crippen LogP contribution in [0, 0.1) is 6.92 Å². The molecule has 1 aliphatic rings. The summed E-state index contributed by atoms with van der Waals surface area (Å²) in [6.45, 7) is 4.63. The van der Waals surface area contributed by atoms with E-state index in [-0.39, 0.29) is 5.95 Å². The summed E-state index contributed by atoms with van der Waals surface area (Å²) in [5, 5.41) is 3.11. The second-order valence-corrected chi connectivity index (χ2v) is 6.26. The van der Waals surface area contributed by atoms with Gasteiger partial charge in [-0.3, -0.25) is 0 Å². The van der Waals surface area contributed by atoms with E-state index in [1.54, 1.807) is 11.3 Å². The van der Waals surface area contributed by atoms with Gasteiger partial charge in [-0.25, -0.2) is 4.98 Å². The van der Waals surface area contributed by atoms with Crippen LogP contribution < -0.4 is 15.5 Å². The van der Waals surface area contributed by atoms with E-state index in [0.29, 0.717) is 18.4 Å². The number of nitrogen functional groups attached to an aromatic ring is 1. The Hall–Kier alpha value is -1.96. The summed E-state index contributed by atoms with van der Waals surface area (Å²) >= 11 is 1.64. The fraction of sp³-hybridized carbons (Fsp3) is 0.538. The van der Waals surface area contributed by atoms with Gasteiger partial charge in [0.1, 0.15) is 0 Å². The van der Waals surface area contributed by atoms with Crippen LogP contribution >= 0.6 is 11.3 Å². The van der Waals surface area contributed by atoms with E-state index in [4.69, 9.17) is 5.73 Å². The second-order valence-electron chi connectivity index (χ2n) is 5.20. The topological polar surface area (TPSA) is 84.1 Å². The van der Waals surface area contributed by atoms with E-state index < -0.39 is 0 Å². The molecule has 2 N–H and O–H groups in total. The van der Waals surface area contributed by atoms with Crippen LogP contribution in [0.15, 0.2) is 5.38 Å². The number of hydrogen-bond donors (Lipinski definition) is 1. The Morgan fingerprint density at radius 2 is 2.00 bits per heavy atom. The zero-order chi connectivity index (χ0) is 14.8. The monoisotopic (exact) mass is 305 g/mol. The molecule has 0 atom stereocenters. The first-order valence-corrected chi connectivity index (χ1v) is 7.88. The van der Waals surface area contributed by atoms with Gasteiger partial charge >= 0.3 is 0 Å². The molecule has 0 aromatic carbocycles. The first-order chi connectivity index (χ1) is 10.1. The predicted molar refractivity (Wildman–Crippen MR) is 84.6 cm³/mol. The van der Waals surface area contributed by atoms with Gasteiger partial charge in [0.15, 0.2) is 0 Å². The van der Waals surface area contributed by atoms with Crippen LogP contribution in [0.25, 0.3) is 0 Å². The number of aromatic nitrogens is 4. The van der Waals surface area contributed by atoms with Crippen molar-refractivity contribution >= 4 is 29.2 Å². The second kappa shape index (κ2) is 5.80. The smallest absolute Gasteiger partial charge is 0.232 e. The van der Waals surface area contributed by atoms with Crippen molar-refractivity contribution in [2.45, 2.75) is 26.3 Å². The molecule has 2 aromatic heterocycles. The van der Waals surface area contributed by atoms with Gasteiger partial charge in [-0.1, -0.05) is 0 Å². The highest BCUT2D eigenvalue weighted by atomic mass is 32.1. The molecule has 3 heterocycles. The van der Waals surface area contributed by atoms with E-state index in [1.165, 1.54) is 12.8 Å². The third kappa shape index (κ3) is 3.21. The van der Waals surface area contributed by atoms with Crippen LogP contribution in [0.2, 0.25) is 0 Å². The quantitative estimate of drug-likeness (QED) is 0.915. The lowest BCUT2D eigenvalue weighted by Gasteiger charge is -2.20. The molecule has 0 bridgehead atoms. The van der Waals surface area contributed by atoms with Crippen molar-refractivity contribution in [3.05, 3.63) is 16.1 Å². The Bertz CT molecular complexity index is 621. The minimum Gasteiger partial charge on any atom is -0.368 e. The molecule has 7 nitrogen and oxygen atoms in total. The molecule has 3 rings (SSSR count). The fourth-order valence-electron chi connectivity index (χ4n) is 2.39. The van der Waals surface area contributed by atoms with Crippen LogP contribution in [0.4, 0.5) is 17.8 Å². The van der Waals surface area contributed by atoms with Gasteiger partial charge in [0.25, 0.3) is 0 Å². The number of nitrogens with zero attached hydrogens (tertiary/aromatic N) is 6. The average molecular weight is 305 g/mol. The van der Waals surface area contributed by atoms with E-state index >= 15 is 0 Å². The predicted octanol–water partition coefficient (Wildman–Crippen LogP) is 1.46. The van der Waals surface area contributed by atoms with Gasteiger partial charge in [-0.2, -0.15) is 15.0 Å². The Balaban J connectivity index is 1.80. The number of nitrogens with two attached hydrogens (primary N) is 1. The van der Waals surface area contributed by atoms with E-state index in [0.717, 1.165) is 23.8 Å². The lowest BCUT2D eigenvalue weighted by molar-refractivity contribution is 0.817. The fourth-order valence-corrected chi connectivity index (χ4v) is 3.00. The number of thiazole rings is 1. The van der Waals surface area contributed by atoms with Crippen LogP contribution in [0.3, 0.4) is 0 Å². The van der Waals surface area contributed by atoms with Crippen molar-refractivity contribution < 1.29 is 0 Å². The maximum absolute atomic E-state index is 5.83. The van der Waals surface area contributed by atoms with Gasteiger partial charge in [0.2, 0.25) is 17.8 Å². The van der Waals surface area contributed by atoms with Crippen LogP contribution in [0.5, 0.6) is 0 Å². The minimum absolute atomic E-state index is 0.267. The number of aryl methyl sites for hydroxylation is 1. The van der Waals surface area contributed by atoms with Crippen molar-refractivity contribution in [1.82, 2.24) is 19.9 Å². The molecule has 2 aromatic rings. The Morgan fingerprint density at radius 3 is 2.67 bits per heavy atom. The van der Waals surface area contributed by atoms with Crippen molar-refractivity contribution in [3.63, 3.8) is 0 Å². The first-order valence-electron chi connectivity index (χ1n) is 7.00. The largest absolute Gasteiger partial charge is 0.368 e. The Morgan fingerprint density at radius 1 is 1.24 bits per heavy atom. The Labute approximate surface area is 127 Å². The summed E-state index contributed by atoms with van der Waals surface area (Å²) in [6, 6.07) is 0. The van der Waals surface area contributed by atoms with Gasteiger partial charge in [-0.15, -0.1) is 11.3 Å². The van der Waals surface area contributed by atoms with E-state index in [9.17, 15) is 0 Å². The average Bonchev–Trinajstić information content (AvgIpc) is 3.10. The minimum atomic E-state index is 0.267. The zero-order valence-corrected chi connectivity index (χ0v) is 13.1. The molecule has 1 aliphatic heterocycles. The van der Waals surface area contributed by atoms with Crippen molar-refractivity contribution in [2.24, 2.45) is 0 Å². The molecule has 0 unspecified atom stereocenters. The SMILES string of the molecule is Cc1nc(CN(C)c2nc(N)nc(N3CCCC3)n2)cs1. The van der Waals surface area contributed by atoms with Gasteiger partial charge < -0.3 is 15.5 Å². The molecule has 21 heavy (non-hydrogen) atoms. The third-order valence-electron chi connectivity index (χ3n) is 3.43. The number of rotatable bonds is 4. The highest BCUT2D eigenvalue weighted by Crippen LogP contribution is 2.20. The number of hydrogen-bond acceptors (Lipinski definition) is 8. The highest BCUT2D eigenvalue weighted by Gasteiger charge is 2.18. The summed E-state index contributed by atoms with van der Waals surface area (Å²) in [4.78, 5) is 21.6. The van der Waals surface area contributed by atoms with Crippen LogP contribution in [-0.2, 0) is 6.54 Å². The van der Waals surface area contributed by atoms with E-state index in [1.807, 2.05) is 18.9 Å². The standard InChI is InChI=1S/C13H19N7S/c1-9-15-10(8-21-9)7-19(2)12-16-11(14)17-13(18-12)20-5-3-4-6-20/h8H,3-7H2,1-2H3,(H2,14,16,17,18). The maximum Gasteiger partial charge on any atom is 0.232 e. The van der Waals surface area contributed by atoms with Gasteiger partial charge in [0, 0.05) is 25.5 Å². The molecule has 0 radical (unpaired) electrons. The summed E-state index contributed by atoms with van der Waals surface area (Å²) in [7, 11) is 1.94. The van der Waals surface area contributed by atoms with Crippen molar-refractivity contribution in [1.29, 1.82) is 0 Å². The van der Waals surface area contributed by atoms with E-state index in [2.05, 4.69) is 30.2 Å². The molecule has 0 aliphatic carbocycles. The van der Waals surface area contributed by atoms with Crippen molar-refractivity contribution in [2.75, 3.05) is 35.7 Å². The first kappa shape index (κ1) is 14.0. The Kier molecular flexibility index (Phi) is 3.87. The third-order valence-corrected chi connectivity index (χ3v) is 4.25. The van der Waals surface area contributed by atoms with Gasteiger partial charge in [0.05, 0.1) is 17.2 Å². The molecule has 0 saturated carbocycles. The molecule has 1 fully saturated rings.